The summed E-state index contributed by atoms with van der Waals surface area (Å²) in [4.78, 5) is 12.9. The minimum absolute atomic E-state index is 0.0538. The second kappa shape index (κ2) is 8.97. The first-order valence-electron chi connectivity index (χ1n) is 9.54. The number of thiophene rings is 1. The maximum atomic E-state index is 10.8. The summed E-state index contributed by atoms with van der Waals surface area (Å²) in [5.74, 6) is -0.282. The molecule has 1 saturated heterocycles. The summed E-state index contributed by atoms with van der Waals surface area (Å²) >= 11 is 1.58. The van der Waals surface area contributed by atoms with Gasteiger partial charge in [-0.25, -0.2) is 4.79 Å². The molecule has 6 nitrogen and oxygen atoms in total. The molecule has 2 N–H and O–H groups in total. The van der Waals surface area contributed by atoms with E-state index in [9.17, 15) is 9.90 Å². The van der Waals surface area contributed by atoms with Crippen LogP contribution in [0.5, 0.6) is 5.75 Å². The third-order valence-electron chi connectivity index (χ3n) is 4.96. The minimum Gasteiger partial charge on any atom is -0.489 e. The third-order valence-corrected chi connectivity index (χ3v) is 6.08. The van der Waals surface area contributed by atoms with Crippen molar-refractivity contribution in [3.05, 3.63) is 76.7 Å². The number of ether oxygens (including phenoxy) is 3. The van der Waals surface area contributed by atoms with Crippen molar-refractivity contribution < 1.29 is 29.2 Å². The Hall–Kier alpha value is -2.71. The third kappa shape index (κ3) is 4.55. The van der Waals surface area contributed by atoms with Crippen LogP contribution < -0.4 is 4.74 Å². The predicted molar refractivity (Wildman–Crippen MR) is 113 cm³/mol. The predicted octanol–water partition coefficient (Wildman–Crippen LogP) is 3.81. The Morgan fingerprint density at radius 1 is 1.10 bits per heavy atom. The number of carboxylic acids is 1. The highest BCUT2D eigenvalue weighted by Gasteiger charge is 2.42. The SMILES string of the molecule is O=C(O)COC1(c2ccc(OCc3cccc(-c4ccc(CO)s4)c3)cc2)COC1. The zero-order valence-corrected chi connectivity index (χ0v) is 17.1. The Balaban J connectivity index is 1.40. The number of hydrogen-bond acceptors (Lipinski definition) is 6. The first kappa shape index (κ1) is 20.6. The molecule has 0 atom stereocenters. The molecule has 1 aliphatic heterocycles. The number of carboxylic acid groups (broad SMARTS) is 1. The number of aliphatic carboxylic acids is 1. The van der Waals surface area contributed by atoms with Gasteiger partial charge in [-0.05, 0) is 47.0 Å². The molecule has 2 aromatic carbocycles. The number of aliphatic hydroxyl groups is 1. The fourth-order valence-corrected chi connectivity index (χ4v) is 4.14. The molecule has 0 saturated carbocycles. The summed E-state index contributed by atoms with van der Waals surface area (Å²) in [7, 11) is 0. The molecule has 7 heteroatoms. The molecule has 30 heavy (non-hydrogen) atoms. The second-order valence-electron chi connectivity index (χ2n) is 7.11. The number of hydrogen-bond donors (Lipinski definition) is 2. The van der Waals surface area contributed by atoms with E-state index in [0.717, 1.165) is 32.2 Å². The van der Waals surface area contributed by atoms with Crippen molar-refractivity contribution in [2.24, 2.45) is 0 Å². The van der Waals surface area contributed by atoms with Crippen molar-refractivity contribution in [1.82, 2.24) is 0 Å². The van der Waals surface area contributed by atoms with Gasteiger partial charge in [-0.1, -0.05) is 30.3 Å². The van der Waals surface area contributed by atoms with Crippen molar-refractivity contribution in [2.75, 3.05) is 19.8 Å². The van der Waals surface area contributed by atoms with Gasteiger partial charge in [0.2, 0.25) is 0 Å². The van der Waals surface area contributed by atoms with Crippen molar-refractivity contribution in [3.63, 3.8) is 0 Å². The maximum Gasteiger partial charge on any atom is 0.329 e. The van der Waals surface area contributed by atoms with Crippen LogP contribution in [0.25, 0.3) is 10.4 Å². The van der Waals surface area contributed by atoms with E-state index in [2.05, 4.69) is 6.07 Å². The summed E-state index contributed by atoms with van der Waals surface area (Å²) < 4.78 is 16.7. The van der Waals surface area contributed by atoms with Gasteiger partial charge in [0.15, 0.2) is 0 Å². The quantitative estimate of drug-likeness (QED) is 0.541. The summed E-state index contributed by atoms with van der Waals surface area (Å²) in [6.45, 7) is 0.803. The number of benzene rings is 2. The van der Waals surface area contributed by atoms with Crippen LogP contribution in [-0.4, -0.2) is 36.0 Å². The van der Waals surface area contributed by atoms with Gasteiger partial charge in [-0.3, -0.25) is 0 Å². The van der Waals surface area contributed by atoms with E-state index in [4.69, 9.17) is 19.3 Å². The number of carbonyl (C=O) groups is 1. The molecule has 0 unspecified atom stereocenters. The van der Waals surface area contributed by atoms with Crippen LogP contribution >= 0.6 is 11.3 Å². The largest absolute Gasteiger partial charge is 0.489 e. The topological polar surface area (TPSA) is 85.2 Å². The summed E-state index contributed by atoms with van der Waals surface area (Å²) in [5.41, 5.74) is 2.32. The van der Waals surface area contributed by atoms with E-state index >= 15 is 0 Å². The van der Waals surface area contributed by atoms with Crippen LogP contribution in [0.2, 0.25) is 0 Å². The molecule has 0 spiro atoms. The van der Waals surface area contributed by atoms with E-state index in [0.29, 0.717) is 19.8 Å². The first-order chi connectivity index (χ1) is 14.6. The fraction of sp³-hybridized carbons (Fsp3) is 0.261. The fourth-order valence-electron chi connectivity index (χ4n) is 3.27. The minimum atomic E-state index is -1.00. The average Bonchev–Trinajstić information content (AvgIpc) is 3.22. The standard InChI is InChI=1S/C23H22O6S/c24-11-20-8-9-21(30-20)17-3-1-2-16(10-17)12-28-19-6-4-18(5-7-19)23(14-27-15-23)29-13-22(25)26/h1-10,24H,11-15H2,(H,25,26). The van der Waals surface area contributed by atoms with E-state index in [-0.39, 0.29) is 13.2 Å². The molecule has 0 aliphatic carbocycles. The van der Waals surface area contributed by atoms with Crippen molar-refractivity contribution in [1.29, 1.82) is 0 Å². The van der Waals surface area contributed by atoms with Crippen LogP contribution in [0.4, 0.5) is 0 Å². The maximum absolute atomic E-state index is 10.8. The van der Waals surface area contributed by atoms with Gasteiger partial charge in [0, 0.05) is 9.75 Å². The molecule has 0 amide bonds. The molecule has 1 fully saturated rings. The molecule has 4 rings (SSSR count). The lowest BCUT2D eigenvalue weighted by Crippen LogP contribution is -2.49. The Labute approximate surface area is 178 Å². The molecular formula is C23H22O6S. The van der Waals surface area contributed by atoms with Crippen molar-refractivity contribution >= 4 is 17.3 Å². The average molecular weight is 426 g/mol. The molecule has 2 heterocycles. The smallest absolute Gasteiger partial charge is 0.329 e. The van der Waals surface area contributed by atoms with Crippen LogP contribution in [-0.2, 0) is 33.1 Å². The molecule has 0 bridgehead atoms. The lowest BCUT2D eigenvalue weighted by molar-refractivity contribution is -0.220. The molecule has 0 radical (unpaired) electrons. The normalized spacial score (nSPS) is 14.8. The van der Waals surface area contributed by atoms with Gasteiger partial charge in [0.05, 0.1) is 19.8 Å². The Bertz CT molecular complexity index is 1010. The van der Waals surface area contributed by atoms with Crippen LogP contribution in [0.1, 0.15) is 16.0 Å². The van der Waals surface area contributed by atoms with E-state index in [1.54, 1.807) is 11.3 Å². The monoisotopic (exact) mass is 426 g/mol. The molecule has 3 aromatic rings. The highest BCUT2D eigenvalue weighted by atomic mass is 32.1. The summed E-state index contributed by atoms with van der Waals surface area (Å²) in [6, 6.07) is 19.6. The molecular weight excluding hydrogens is 404 g/mol. The van der Waals surface area contributed by atoms with Gasteiger partial charge < -0.3 is 24.4 Å². The highest BCUT2D eigenvalue weighted by molar-refractivity contribution is 7.15. The lowest BCUT2D eigenvalue weighted by Gasteiger charge is -2.41. The molecule has 156 valence electrons. The zero-order chi connectivity index (χ0) is 21.0. The Morgan fingerprint density at radius 2 is 1.90 bits per heavy atom. The van der Waals surface area contributed by atoms with Gasteiger partial charge >= 0.3 is 5.97 Å². The van der Waals surface area contributed by atoms with Crippen LogP contribution in [0.3, 0.4) is 0 Å². The lowest BCUT2D eigenvalue weighted by atomic mass is 9.91. The summed E-state index contributed by atoms with van der Waals surface area (Å²) in [6.07, 6.45) is 0. The van der Waals surface area contributed by atoms with Crippen LogP contribution in [0.15, 0.2) is 60.7 Å². The Morgan fingerprint density at radius 3 is 2.53 bits per heavy atom. The van der Waals surface area contributed by atoms with E-state index < -0.39 is 11.6 Å². The van der Waals surface area contributed by atoms with Crippen molar-refractivity contribution in [3.8, 4) is 16.2 Å². The van der Waals surface area contributed by atoms with E-state index in [1.165, 1.54) is 0 Å². The molecule has 1 aliphatic rings. The Kier molecular flexibility index (Phi) is 6.15. The zero-order valence-electron chi connectivity index (χ0n) is 16.2. The first-order valence-corrected chi connectivity index (χ1v) is 10.4. The number of aliphatic hydroxyl groups excluding tert-OH is 1. The molecule has 1 aromatic heterocycles. The summed E-state index contributed by atoms with van der Waals surface area (Å²) in [5, 5.41) is 18.1. The van der Waals surface area contributed by atoms with E-state index in [1.807, 2.05) is 54.6 Å². The van der Waals surface area contributed by atoms with Crippen LogP contribution in [0, 0.1) is 0 Å². The van der Waals surface area contributed by atoms with Gasteiger partial charge in [-0.15, -0.1) is 11.3 Å². The van der Waals surface area contributed by atoms with Gasteiger partial charge in [0.25, 0.3) is 0 Å². The van der Waals surface area contributed by atoms with Gasteiger partial charge in [0.1, 0.15) is 24.6 Å². The van der Waals surface area contributed by atoms with Crippen molar-refractivity contribution in [2.45, 2.75) is 18.8 Å². The number of rotatable bonds is 9. The highest BCUT2D eigenvalue weighted by Crippen LogP contribution is 2.35. The van der Waals surface area contributed by atoms with Gasteiger partial charge in [-0.2, -0.15) is 0 Å². The second-order valence-corrected chi connectivity index (χ2v) is 8.28.